The molecule has 3 heterocycles. The van der Waals surface area contributed by atoms with Crippen LogP contribution < -0.4 is 10.6 Å². The number of carboxylic acids is 1. The molecule has 0 aromatic heterocycles. The van der Waals surface area contributed by atoms with Crippen LogP contribution in [0.15, 0.2) is 0 Å². The molecule has 0 saturated carbocycles. The second kappa shape index (κ2) is 15.8. The highest BCUT2D eigenvalue weighted by atomic mass is 16.8. The molecule has 0 bridgehead atoms. The van der Waals surface area contributed by atoms with Crippen molar-refractivity contribution in [3.05, 3.63) is 0 Å². The van der Waals surface area contributed by atoms with Crippen LogP contribution in [0.2, 0.25) is 0 Å². The van der Waals surface area contributed by atoms with Crippen LogP contribution in [0.1, 0.15) is 20.3 Å². The molecule has 3 fully saturated rings. The van der Waals surface area contributed by atoms with E-state index in [1.54, 1.807) is 0 Å². The van der Waals surface area contributed by atoms with Gasteiger partial charge in [0.2, 0.25) is 11.8 Å². The van der Waals surface area contributed by atoms with E-state index in [2.05, 4.69) is 10.6 Å². The number of aliphatic hydroxyl groups is 10. The maximum atomic E-state index is 12.6. The van der Waals surface area contributed by atoms with Crippen molar-refractivity contribution in [2.45, 2.75) is 118 Å². The maximum absolute atomic E-state index is 12.6. The van der Waals surface area contributed by atoms with Crippen molar-refractivity contribution in [3.63, 3.8) is 0 Å². The quantitative estimate of drug-likeness (QED) is 0.0913. The molecule has 0 aromatic carbocycles. The zero-order chi connectivity index (χ0) is 34.7. The highest BCUT2D eigenvalue weighted by Crippen LogP contribution is 2.38. The van der Waals surface area contributed by atoms with Gasteiger partial charge in [-0.3, -0.25) is 9.59 Å². The molecule has 16 atom stereocenters. The standard InChI is InChI=1S/C25H42N2O19/c1-7(31)26-13-9(33)3-25(24(40)41,45-20(13)15(35)10(34)4-28)46-21-16(36)11(5-29)43-23(18(21)38)44-19-12(6-30)42-22(39)14(17(19)37)27-8(2)32/h9-23,28-30,33-39H,3-6H2,1-2H3,(H,26,31)(H,27,32)(H,40,41)/t9?,10-,11?,12?,13-,14?,15-,16+,17?,18?,19-,20?,21?,22-,23+,25+/m1/s1. The van der Waals surface area contributed by atoms with E-state index >= 15 is 0 Å². The van der Waals surface area contributed by atoms with E-state index < -0.39 is 142 Å². The number of carboxylic acid groups (broad SMARTS) is 1. The van der Waals surface area contributed by atoms with Gasteiger partial charge in [-0.1, -0.05) is 0 Å². The van der Waals surface area contributed by atoms with Crippen LogP contribution in [0.3, 0.4) is 0 Å². The Morgan fingerprint density at radius 3 is 1.96 bits per heavy atom. The molecule has 266 valence electrons. The van der Waals surface area contributed by atoms with Gasteiger partial charge < -0.3 is 90.5 Å². The van der Waals surface area contributed by atoms with E-state index in [1.165, 1.54) is 0 Å². The van der Waals surface area contributed by atoms with E-state index in [0.717, 1.165) is 13.8 Å². The van der Waals surface area contributed by atoms with Gasteiger partial charge in [0, 0.05) is 20.3 Å². The molecule has 2 amide bonds. The number of carbonyl (C=O) groups excluding carboxylic acids is 2. The fraction of sp³-hybridized carbons (Fsp3) is 0.880. The Morgan fingerprint density at radius 2 is 1.43 bits per heavy atom. The first kappa shape index (κ1) is 38.3. The molecule has 3 aliphatic rings. The predicted molar refractivity (Wildman–Crippen MR) is 142 cm³/mol. The average molecular weight is 675 g/mol. The fourth-order valence-corrected chi connectivity index (χ4v) is 5.57. The van der Waals surface area contributed by atoms with Crippen LogP contribution in [0.25, 0.3) is 0 Å². The Balaban J connectivity index is 1.95. The van der Waals surface area contributed by atoms with Crippen molar-refractivity contribution < 1.29 is 94.2 Å². The summed E-state index contributed by atoms with van der Waals surface area (Å²) in [4.78, 5) is 36.0. The Hall–Kier alpha value is -2.19. The van der Waals surface area contributed by atoms with Crippen LogP contribution in [-0.4, -0.2) is 191 Å². The molecule has 3 rings (SSSR count). The van der Waals surface area contributed by atoms with Crippen LogP contribution in [0.5, 0.6) is 0 Å². The summed E-state index contributed by atoms with van der Waals surface area (Å²) in [6.45, 7) is -0.789. The molecule has 3 aliphatic heterocycles. The average Bonchev–Trinajstić information content (AvgIpc) is 2.99. The number of ether oxygens (including phenoxy) is 5. The fourth-order valence-electron chi connectivity index (χ4n) is 5.57. The smallest absolute Gasteiger partial charge is 0.364 e. The van der Waals surface area contributed by atoms with Gasteiger partial charge >= 0.3 is 5.97 Å². The van der Waals surface area contributed by atoms with Crippen molar-refractivity contribution in [1.29, 1.82) is 0 Å². The number of carbonyl (C=O) groups is 3. The number of aliphatic carboxylic acids is 1. The highest BCUT2D eigenvalue weighted by molar-refractivity contribution is 5.76. The minimum absolute atomic E-state index is 0.692. The van der Waals surface area contributed by atoms with E-state index in [0.29, 0.717) is 0 Å². The predicted octanol–water partition coefficient (Wildman–Crippen LogP) is -8.08. The van der Waals surface area contributed by atoms with E-state index in [9.17, 15) is 70.6 Å². The summed E-state index contributed by atoms with van der Waals surface area (Å²) in [6.07, 6.45) is -25.7. The SMILES string of the molecule is CC(=O)NC1C(O)[C@H](O[C@@H]2OC(CO)[C@H](O)C(O[C@]3(C(=O)O)CC(O)[C@@H](NC(C)=O)C([C@H](O)[C@H](O)CO)O3)C2O)C(CO)O[C@H]1O. The zero-order valence-corrected chi connectivity index (χ0v) is 24.7. The molecule has 0 spiro atoms. The third-order valence-electron chi connectivity index (χ3n) is 7.87. The van der Waals surface area contributed by atoms with Crippen molar-refractivity contribution in [2.24, 2.45) is 0 Å². The Morgan fingerprint density at radius 1 is 0.848 bits per heavy atom. The second-order valence-electron chi connectivity index (χ2n) is 11.2. The third kappa shape index (κ3) is 8.08. The molecule has 13 N–H and O–H groups in total. The van der Waals surface area contributed by atoms with Gasteiger partial charge in [0.05, 0.1) is 32.0 Å². The zero-order valence-electron chi connectivity index (χ0n) is 24.7. The van der Waals surface area contributed by atoms with Gasteiger partial charge in [-0.05, 0) is 0 Å². The molecule has 3 saturated heterocycles. The summed E-state index contributed by atoms with van der Waals surface area (Å²) in [5.41, 5.74) is 0. The Bertz CT molecular complexity index is 1050. The second-order valence-corrected chi connectivity index (χ2v) is 11.2. The van der Waals surface area contributed by atoms with E-state index in [-0.39, 0.29) is 0 Å². The number of rotatable bonds is 12. The lowest BCUT2D eigenvalue weighted by atomic mass is 9.88. The summed E-state index contributed by atoms with van der Waals surface area (Å²) in [5, 5.41) is 118. The highest BCUT2D eigenvalue weighted by Gasteiger charge is 2.60. The van der Waals surface area contributed by atoms with Crippen LogP contribution in [-0.2, 0) is 38.1 Å². The van der Waals surface area contributed by atoms with Gasteiger partial charge in [0.15, 0.2) is 12.6 Å². The van der Waals surface area contributed by atoms with Crippen molar-refractivity contribution in [3.8, 4) is 0 Å². The van der Waals surface area contributed by atoms with Crippen LogP contribution in [0, 0.1) is 0 Å². The van der Waals surface area contributed by atoms with Crippen molar-refractivity contribution in [2.75, 3.05) is 19.8 Å². The Kier molecular flexibility index (Phi) is 13.1. The molecule has 0 radical (unpaired) electrons. The van der Waals surface area contributed by atoms with Crippen LogP contribution in [0.4, 0.5) is 0 Å². The molecule has 8 unspecified atom stereocenters. The van der Waals surface area contributed by atoms with Gasteiger partial charge in [0.1, 0.15) is 67.1 Å². The summed E-state index contributed by atoms with van der Waals surface area (Å²) in [7, 11) is 0. The third-order valence-corrected chi connectivity index (χ3v) is 7.87. The minimum atomic E-state index is -3.04. The minimum Gasteiger partial charge on any atom is -0.477 e. The molecule has 21 heteroatoms. The summed E-state index contributed by atoms with van der Waals surface area (Å²) >= 11 is 0. The first-order valence-corrected chi connectivity index (χ1v) is 14.2. The van der Waals surface area contributed by atoms with Gasteiger partial charge in [0.25, 0.3) is 5.79 Å². The number of hydrogen-bond acceptors (Lipinski definition) is 18. The lowest BCUT2D eigenvalue weighted by molar-refractivity contribution is -0.382. The number of amides is 2. The molecule has 0 aromatic rings. The largest absolute Gasteiger partial charge is 0.477 e. The molecular formula is C25H42N2O19. The molecule has 0 aliphatic carbocycles. The summed E-state index contributed by atoms with van der Waals surface area (Å²) < 4.78 is 27.4. The first-order chi connectivity index (χ1) is 21.5. The monoisotopic (exact) mass is 674 g/mol. The van der Waals surface area contributed by atoms with E-state index in [4.69, 9.17) is 23.7 Å². The number of nitrogens with one attached hydrogen (secondary N) is 2. The summed E-state index contributed by atoms with van der Waals surface area (Å²) in [6, 6.07) is -3.05. The molecular weight excluding hydrogens is 632 g/mol. The van der Waals surface area contributed by atoms with Crippen LogP contribution >= 0.6 is 0 Å². The van der Waals surface area contributed by atoms with Gasteiger partial charge in [-0.25, -0.2) is 4.79 Å². The Labute approximate surface area is 260 Å². The van der Waals surface area contributed by atoms with Gasteiger partial charge in [-0.2, -0.15) is 0 Å². The van der Waals surface area contributed by atoms with E-state index in [1.807, 2.05) is 0 Å². The summed E-state index contributed by atoms with van der Waals surface area (Å²) in [5.74, 6) is -6.46. The number of hydrogen-bond donors (Lipinski definition) is 13. The normalized spacial score (nSPS) is 42.9. The topological polar surface area (TPSA) is 344 Å². The lowest BCUT2D eigenvalue weighted by Gasteiger charge is -2.50. The first-order valence-electron chi connectivity index (χ1n) is 14.2. The lowest BCUT2D eigenvalue weighted by Crippen LogP contribution is -2.71. The maximum Gasteiger partial charge on any atom is 0.364 e. The molecule has 21 nitrogen and oxygen atoms in total. The van der Waals surface area contributed by atoms with Crippen molar-refractivity contribution in [1.82, 2.24) is 10.6 Å². The molecule has 46 heavy (non-hydrogen) atoms. The van der Waals surface area contributed by atoms with Crippen molar-refractivity contribution >= 4 is 17.8 Å². The number of aliphatic hydroxyl groups excluding tert-OH is 10. The van der Waals surface area contributed by atoms with Gasteiger partial charge in [-0.15, -0.1) is 0 Å².